The highest BCUT2D eigenvalue weighted by Gasteiger charge is 2.12. The quantitative estimate of drug-likeness (QED) is 0.266. The third-order valence-electron chi connectivity index (χ3n) is 4.69. The van der Waals surface area contributed by atoms with Gasteiger partial charge in [-0.15, -0.1) is 0 Å². The van der Waals surface area contributed by atoms with Crippen LogP contribution in [0.3, 0.4) is 0 Å². The Bertz CT molecular complexity index is 1100. The molecule has 0 unspecified atom stereocenters. The molecule has 168 valence electrons. The van der Waals surface area contributed by atoms with Crippen LogP contribution in [0.2, 0.25) is 0 Å². The lowest BCUT2D eigenvalue weighted by atomic mass is 10.2. The Hall–Kier alpha value is -3.74. The molecule has 0 aliphatic rings. The molecule has 1 N–H and O–H groups in total. The van der Waals surface area contributed by atoms with Crippen molar-refractivity contribution >= 4 is 34.1 Å². The largest absolute Gasteiger partial charge is 0.497 e. The molecule has 32 heavy (non-hydrogen) atoms. The average Bonchev–Trinajstić information content (AvgIpc) is 3.23. The number of amides is 1. The van der Waals surface area contributed by atoms with Crippen molar-refractivity contribution in [2.24, 2.45) is 0 Å². The Morgan fingerprint density at radius 3 is 2.62 bits per heavy atom. The Labute approximate surface area is 187 Å². The molecule has 0 fully saturated rings. The SMILES string of the molecule is CCOC(=O)CCCOc1cccc2cc(/C(C)=C/C(=O)Nc3ccc(OC)cc3)oc12. The number of anilines is 1. The molecule has 7 nitrogen and oxygen atoms in total. The van der Waals surface area contributed by atoms with Gasteiger partial charge in [-0.25, -0.2) is 0 Å². The second-order valence-electron chi connectivity index (χ2n) is 7.09. The molecule has 0 aliphatic heterocycles. The van der Waals surface area contributed by atoms with E-state index in [4.69, 9.17) is 18.6 Å². The Morgan fingerprint density at radius 1 is 1.12 bits per heavy atom. The fourth-order valence-corrected chi connectivity index (χ4v) is 3.10. The van der Waals surface area contributed by atoms with Crippen LogP contribution in [0.15, 0.2) is 59.0 Å². The predicted octanol–water partition coefficient (Wildman–Crippen LogP) is 5.21. The highest BCUT2D eigenvalue weighted by atomic mass is 16.5. The number of para-hydroxylation sites is 1. The van der Waals surface area contributed by atoms with Crippen molar-refractivity contribution in [1.29, 1.82) is 0 Å². The molecule has 3 aromatic rings. The Kier molecular flexibility index (Phi) is 7.91. The summed E-state index contributed by atoms with van der Waals surface area (Å²) in [7, 11) is 1.59. The summed E-state index contributed by atoms with van der Waals surface area (Å²) in [5, 5.41) is 3.68. The van der Waals surface area contributed by atoms with E-state index in [0.29, 0.717) is 54.4 Å². The van der Waals surface area contributed by atoms with Crippen molar-refractivity contribution in [3.63, 3.8) is 0 Å². The number of rotatable bonds is 10. The minimum absolute atomic E-state index is 0.233. The number of fused-ring (bicyclic) bond motifs is 1. The zero-order valence-corrected chi connectivity index (χ0v) is 18.5. The molecular formula is C25H27NO6. The number of hydrogen-bond acceptors (Lipinski definition) is 6. The van der Waals surface area contributed by atoms with E-state index in [9.17, 15) is 9.59 Å². The van der Waals surface area contributed by atoms with E-state index in [1.54, 1.807) is 38.3 Å². The van der Waals surface area contributed by atoms with Gasteiger partial charge in [-0.1, -0.05) is 12.1 Å². The Morgan fingerprint density at radius 2 is 1.91 bits per heavy atom. The zero-order valence-electron chi connectivity index (χ0n) is 18.5. The monoisotopic (exact) mass is 437 g/mol. The van der Waals surface area contributed by atoms with Gasteiger partial charge in [0.15, 0.2) is 11.3 Å². The zero-order chi connectivity index (χ0) is 22.9. The first-order valence-electron chi connectivity index (χ1n) is 10.4. The number of methoxy groups -OCH3 is 1. The second kappa shape index (κ2) is 11.0. The topological polar surface area (TPSA) is 87.0 Å². The molecular weight excluding hydrogens is 410 g/mol. The number of benzene rings is 2. The maximum absolute atomic E-state index is 12.4. The molecule has 0 radical (unpaired) electrons. The molecule has 1 amide bonds. The van der Waals surface area contributed by atoms with Crippen molar-refractivity contribution in [3.8, 4) is 11.5 Å². The molecule has 0 spiro atoms. The van der Waals surface area contributed by atoms with Gasteiger partial charge < -0.3 is 23.9 Å². The molecule has 0 bridgehead atoms. The van der Waals surface area contributed by atoms with Gasteiger partial charge >= 0.3 is 5.97 Å². The molecule has 1 heterocycles. The first-order chi connectivity index (χ1) is 15.5. The molecule has 3 rings (SSSR count). The summed E-state index contributed by atoms with van der Waals surface area (Å²) in [6.07, 6.45) is 2.34. The van der Waals surface area contributed by atoms with Crippen molar-refractivity contribution in [1.82, 2.24) is 0 Å². The highest BCUT2D eigenvalue weighted by Crippen LogP contribution is 2.31. The van der Waals surface area contributed by atoms with Crippen LogP contribution in [0.1, 0.15) is 32.4 Å². The van der Waals surface area contributed by atoms with Gasteiger partial charge in [-0.05, 0) is 62.2 Å². The van der Waals surface area contributed by atoms with Gasteiger partial charge in [0.1, 0.15) is 11.5 Å². The van der Waals surface area contributed by atoms with Gasteiger partial charge in [-0.3, -0.25) is 9.59 Å². The summed E-state index contributed by atoms with van der Waals surface area (Å²) in [4.78, 5) is 23.8. The number of ether oxygens (including phenoxy) is 3. The molecule has 0 atom stereocenters. The Balaban J connectivity index is 1.65. The lowest BCUT2D eigenvalue weighted by Gasteiger charge is -2.06. The first kappa shape index (κ1) is 22.9. The van der Waals surface area contributed by atoms with Gasteiger partial charge in [0.05, 0.1) is 20.3 Å². The van der Waals surface area contributed by atoms with Crippen molar-refractivity contribution in [2.75, 3.05) is 25.6 Å². The summed E-state index contributed by atoms with van der Waals surface area (Å²) in [6.45, 7) is 4.33. The molecule has 0 aliphatic carbocycles. The minimum atomic E-state index is -0.261. The van der Waals surface area contributed by atoms with E-state index in [-0.39, 0.29) is 11.9 Å². The van der Waals surface area contributed by atoms with Crippen molar-refractivity contribution < 1.29 is 28.2 Å². The fraction of sp³-hybridized carbons (Fsp3) is 0.280. The van der Waals surface area contributed by atoms with Crippen molar-refractivity contribution in [2.45, 2.75) is 26.7 Å². The van der Waals surface area contributed by atoms with Crippen LogP contribution in [0.25, 0.3) is 16.5 Å². The van der Waals surface area contributed by atoms with Crippen LogP contribution in [0.4, 0.5) is 5.69 Å². The normalized spacial score (nSPS) is 11.3. The van der Waals surface area contributed by atoms with E-state index >= 15 is 0 Å². The van der Waals surface area contributed by atoms with Gasteiger partial charge in [-0.2, -0.15) is 0 Å². The smallest absolute Gasteiger partial charge is 0.305 e. The maximum atomic E-state index is 12.4. The number of nitrogens with one attached hydrogen (secondary N) is 1. The molecule has 7 heteroatoms. The molecule has 0 saturated carbocycles. The number of allylic oxidation sites excluding steroid dienone is 1. The number of hydrogen-bond donors (Lipinski definition) is 1. The van der Waals surface area contributed by atoms with Gasteiger partial charge in [0.2, 0.25) is 5.91 Å². The minimum Gasteiger partial charge on any atom is -0.497 e. The third kappa shape index (κ3) is 6.14. The maximum Gasteiger partial charge on any atom is 0.305 e. The van der Waals surface area contributed by atoms with Crippen LogP contribution >= 0.6 is 0 Å². The van der Waals surface area contributed by atoms with E-state index in [0.717, 1.165) is 11.1 Å². The summed E-state index contributed by atoms with van der Waals surface area (Å²) >= 11 is 0. The number of esters is 1. The summed E-state index contributed by atoms with van der Waals surface area (Å²) in [5.41, 5.74) is 1.95. The van der Waals surface area contributed by atoms with E-state index < -0.39 is 0 Å². The lowest BCUT2D eigenvalue weighted by molar-refractivity contribution is -0.143. The van der Waals surface area contributed by atoms with E-state index in [1.807, 2.05) is 31.2 Å². The van der Waals surface area contributed by atoms with Crippen LogP contribution in [0.5, 0.6) is 11.5 Å². The number of carbonyl (C=O) groups excluding carboxylic acids is 2. The summed E-state index contributed by atoms with van der Waals surface area (Å²) < 4.78 is 21.8. The van der Waals surface area contributed by atoms with Crippen LogP contribution in [-0.4, -0.2) is 32.2 Å². The van der Waals surface area contributed by atoms with Gasteiger partial charge in [0.25, 0.3) is 0 Å². The van der Waals surface area contributed by atoms with Crippen LogP contribution in [-0.2, 0) is 14.3 Å². The van der Waals surface area contributed by atoms with E-state index in [2.05, 4.69) is 5.32 Å². The fourth-order valence-electron chi connectivity index (χ4n) is 3.10. The lowest BCUT2D eigenvalue weighted by Crippen LogP contribution is -2.08. The standard InChI is InChI=1S/C25H27NO6/c1-4-30-24(28)9-6-14-31-21-8-5-7-18-16-22(32-25(18)21)17(2)15-23(27)26-19-10-12-20(29-3)13-11-19/h5,7-8,10-13,15-16H,4,6,9,14H2,1-3H3,(H,26,27)/b17-15+. The van der Waals surface area contributed by atoms with Gasteiger partial charge in [0, 0.05) is 23.6 Å². The summed E-state index contributed by atoms with van der Waals surface area (Å²) in [5.74, 6) is 1.39. The molecule has 1 aromatic heterocycles. The average molecular weight is 437 g/mol. The molecule has 2 aromatic carbocycles. The van der Waals surface area contributed by atoms with Crippen LogP contribution < -0.4 is 14.8 Å². The molecule has 0 saturated heterocycles. The van der Waals surface area contributed by atoms with E-state index in [1.165, 1.54) is 6.08 Å². The summed E-state index contributed by atoms with van der Waals surface area (Å²) in [6, 6.07) is 14.6. The second-order valence-corrected chi connectivity index (χ2v) is 7.09. The number of furan rings is 1. The third-order valence-corrected chi connectivity index (χ3v) is 4.69. The number of carbonyl (C=O) groups is 2. The first-order valence-corrected chi connectivity index (χ1v) is 10.4. The highest BCUT2D eigenvalue weighted by molar-refractivity contribution is 6.04. The van der Waals surface area contributed by atoms with Crippen molar-refractivity contribution in [3.05, 3.63) is 60.4 Å². The van der Waals surface area contributed by atoms with Crippen LogP contribution in [0, 0.1) is 0 Å². The predicted molar refractivity (Wildman–Crippen MR) is 123 cm³/mol.